The number of thiazole rings is 1. The van der Waals surface area contributed by atoms with Crippen LogP contribution in [0.3, 0.4) is 0 Å². The SMILES string of the molecule is C[C@H](Oc1ccc(F)cc1)c1nnc(SCC(=O)N(C)[C@H](C)c2nc3ccccc3s2)o1. The second-order valence-corrected chi connectivity index (χ2v) is 9.10. The fourth-order valence-electron chi connectivity index (χ4n) is 2.89. The lowest BCUT2D eigenvalue weighted by molar-refractivity contribution is -0.128. The molecule has 4 rings (SSSR count). The first-order chi connectivity index (χ1) is 15.4. The molecule has 0 spiro atoms. The molecule has 32 heavy (non-hydrogen) atoms. The molecule has 0 radical (unpaired) electrons. The molecule has 0 unspecified atom stereocenters. The lowest BCUT2D eigenvalue weighted by Gasteiger charge is -2.22. The van der Waals surface area contributed by atoms with Gasteiger partial charge in [-0.1, -0.05) is 23.9 Å². The zero-order valence-corrected chi connectivity index (χ0v) is 19.3. The molecular formula is C22H21FN4O3S2. The number of halogens is 1. The molecule has 0 aliphatic carbocycles. The molecule has 2 aromatic carbocycles. The van der Waals surface area contributed by atoms with Crippen LogP contribution >= 0.6 is 23.1 Å². The number of ether oxygens (including phenoxy) is 1. The van der Waals surface area contributed by atoms with Crippen LogP contribution in [-0.2, 0) is 4.79 Å². The van der Waals surface area contributed by atoms with E-state index in [1.165, 1.54) is 36.0 Å². The quantitative estimate of drug-likeness (QED) is 0.323. The van der Waals surface area contributed by atoms with Crippen molar-refractivity contribution in [3.8, 4) is 5.75 Å². The molecule has 10 heteroatoms. The Kier molecular flexibility index (Phi) is 6.71. The number of aromatic nitrogens is 3. The molecule has 0 aliphatic rings. The number of thioether (sulfide) groups is 1. The number of fused-ring (bicyclic) bond motifs is 1. The van der Waals surface area contributed by atoms with Gasteiger partial charge in [-0.25, -0.2) is 9.37 Å². The van der Waals surface area contributed by atoms with Crippen LogP contribution in [0.15, 0.2) is 58.2 Å². The average molecular weight is 473 g/mol. The molecule has 2 heterocycles. The minimum absolute atomic E-state index is 0.0721. The van der Waals surface area contributed by atoms with Crippen molar-refractivity contribution < 1.29 is 18.3 Å². The van der Waals surface area contributed by atoms with E-state index in [0.29, 0.717) is 5.75 Å². The zero-order valence-electron chi connectivity index (χ0n) is 17.7. The first-order valence-corrected chi connectivity index (χ1v) is 11.7. The Morgan fingerprint density at radius 3 is 2.69 bits per heavy atom. The first-order valence-electron chi connectivity index (χ1n) is 9.90. The van der Waals surface area contributed by atoms with Crippen molar-refractivity contribution in [1.82, 2.24) is 20.1 Å². The summed E-state index contributed by atoms with van der Waals surface area (Å²) in [5.41, 5.74) is 0.935. The summed E-state index contributed by atoms with van der Waals surface area (Å²) in [6, 6.07) is 13.4. The highest BCUT2D eigenvalue weighted by Crippen LogP contribution is 2.30. The van der Waals surface area contributed by atoms with Crippen LogP contribution in [0.4, 0.5) is 4.39 Å². The van der Waals surface area contributed by atoms with Crippen molar-refractivity contribution in [2.75, 3.05) is 12.8 Å². The van der Waals surface area contributed by atoms with E-state index in [9.17, 15) is 9.18 Å². The molecule has 0 saturated heterocycles. The van der Waals surface area contributed by atoms with E-state index in [1.807, 2.05) is 31.2 Å². The van der Waals surface area contributed by atoms with Crippen LogP contribution in [0.1, 0.15) is 36.9 Å². The zero-order chi connectivity index (χ0) is 22.7. The van der Waals surface area contributed by atoms with Crippen molar-refractivity contribution in [3.05, 3.63) is 65.2 Å². The monoisotopic (exact) mass is 472 g/mol. The summed E-state index contributed by atoms with van der Waals surface area (Å²) in [5, 5.41) is 9.14. The Balaban J connectivity index is 1.32. The molecular weight excluding hydrogens is 451 g/mol. The molecule has 0 aliphatic heterocycles. The van der Waals surface area contributed by atoms with E-state index in [2.05, 4.69) is 15.2 Å². The second kappa shape index (κ2) is 9.66. The van der Waals surface area contributed by atoms with Gasteiger partial charge in [0.1, 0.15) is 16.6 Å². The van der Waals surface area contributed by atoms with E-state index < -0.39 is 6.10 Å². The van der Waals surface area contributed by atoms with Gasteiger partial charge in [-0.15, -0.1) is 21.5 Å². The van der Waals surface area contributed by atoms with Crippen molar-refractivity contribution in [2.24, 2.45) is 0 Å². The molecule has 2 aromatic heterocycles. The topological polar surface area (TPSA) is 81.4 Å². The van der Waals surface area contributed by atoms with Crippen LogP contribution in [0.25, 0.3) is 10.2 Å². The van der Waals surface area contributed by atoms with Crippen LogP contribution in [0, 0.1) is 5.82 Å². The van der Waals surface area contributed by atoms with Gasteiger partial charge in [0, 0.05) is 7.05 Å². The summed E-state index contributed by atoms with van der Waals surface area (Å²) in [6.07, 6.45) is -0.514. The molecule has 1 amide bonds. The number of rotatable bonds is 8. The standard InChI is InChI=1S/C22H21FN4O3S2/c1-13(21-24-17-6-4-5-7-18(17)32-21)27(3)19(28)12-31-22-26-25-20(30-22)14(2)29-16-10-8-15(23)9-11-16/h4-11,13-14H,12H2,1-3H3/t13-,14+/m1/s1. The lowest BCUT2D eigenvalue weighted by atomic mass is 10.3. The maximum absolute atomic E-state index is 13.0. The number of carbonyl (C=O) groups is 1. The van der Waals surface area contributed by atoms with Gasteiger partial charge in [-0.05, 0) is 50.2 Å². The summed E-state index contributed by atoms with van der Waals surface area (Å²) < 4.78 is 25.4. The smallest absolute Gasteiger partial charge is 0.277 e. The summed E-state index contributed by atoms with van der Waals surface area (Å²) >= 11 is 2.75. The van der Waals surface area contributed by atoms with Crippen molar-refractivity contribution in [2.45, 2.75) is 31.2 Å². The molecule has 4 aromatic rings. The number of amides is 1. The Morgan fingerprint density at radius 2 is 1.94 bits per heavy atom. The highest BCUT2D eigenvalue weighted by Gasteiger charge is 2.22. The van der Waals surface area contributed by atoms with Gasteiger partial charge in [0.2, 0.25) is 5.91 Å². The third-order valence-electron chi connectivity index (χ3n) is 4.86. The number of para-hydroxylation sites is 1. The van der Waals surface area contributed by atoms with Gasteiger partial charge in [0.25, 0.3) is 11.1 Å². The molecule has 0 saturated carbocycles. The Bertz CT molecular complexity index is 1180. The third-order valence-corrected chi connectivity index (χ3v) is 6.87. The van der Waals surface area contributed by atoms with Crippen molar-refractivity contribution in [3.63, 3.8) is 0 Å². The maximum atomic E-state index is 13.0. The van der Waals surface area contributed by atoms with Gasteiger partial charge < -0.3 is 14.1 Å². The fraction of sp³-hybridized carbons (Fsp3) is 0.273. The van der Waals surface area contributed by atoms with Crippen LogP contribution in [0.5, 0.6) is 5.75 Å². The van der Waals surface area contributed by atoms with Crippen molar-refractivity contribution in [1.29, 1.82) is 0 Å². The fourth-order valence-corrected chi connectivity index (χ4v) is 4.64. The average Bonchev–Trinajstić information content (AvgIpc) is 3.45. The van der Waals surface area contributed by atoms with Gasteiger partial charge in [0.15, 0.2) is 6.10 Å². The minimum atomic E-state index is -0.514. The van der Waals surface area contributed by atoms with Crippen LogP contribution < -0.4 is 4.74 Å². The summed E-state index contributed by atoms with van der Waals surface area (Å²) in [6.45, 7) is 3.71. The summed E-state index contributed by atoms with van der Waals surface area (Å²) in [7, 11) is 1.76. The van der Waals surface area contributed by atoms with E-state index in [4.69, 9.17) is 9.15 Å². The normalized spacial score (nSPS) is 13.1. The van der Waals surface area contributed by atoms with Gasteiger partial charge >= 0.3 is 0 Å². The van der Waals surface area contributed by atoms with E-state index in [0.717, 1.165) is 15.2 Å². The predicted octanol–water partition coefficient (Wildman–Crippen LogP) is 5.27. The van der Waals surface area contributed by atoms with Gasteiger partial charge in [-0.2, -0.15) is 0 Å². The summed E-state index contributed by atoms with van der Waals surface area (Å²) in [5.74, 6) is 0.513. The Hall–Kier alpha value is -2.98. The molecule has 0 fully saturated rings. The molecule has 7 nitrogen and oxygen atoms in total. The minimum Gasteiger partial charge on any atom is -0.481 e. The lowest BCUT2D eigenvalue weighted by Crippen LogP contribution is -2.31. The predicted molar refractivity (Wildman–Crippen MR) is 121 cm³/mol. The number of hydrogen-bond acceptors (Lipinski definition) is 8. The van der Waals surface area contributed by atoms with Crippen LogP contribution in [-0.4, -0.2) is 38.8 Å². The number of hydrogen-bond donors (Lipinski definition) is 0. The van der Waals surface area contributed by atoms with E-state index >= 15 is 0 Å². The van der Waals surface area contributed by atoms with Gasteiger partial charge in [0.05, 0.1) is 22.0 Å². The van der Waals surface area contributed by atoms with Crippen LogP contribution in [0.2, 0.25) is 0 Å². The summed E-state index contributed by atoms with van der Waals surface area (Å²) in [4.78, 5) is 19.0. The third kappa shape index (κ3) is 5.08. The molecule has 0 N–H and O–H groups in total. The highest BCUT2D eigenvalue weighted by molar-refractivity contribution is 7.99. The molecule has 0 bridgehead atoms. The van der Waals surface area contributed by atoms with E-state index in [-0.39, 0.29) is 34.6 Å². The first kappa shape index (κ1) is 22.2. The van der Waals surface area contributed by atoms with E-state index in [1.54, 1.807) is 30.2 Å². The maximum Gasteiger partial charge on any atom is 0.277 e. The Morgan fingerprint density at radius 1 is 1.19 bits per heavy atom. The Labute approximate surface area is 192 Å². The van der Waals surface area contributed by atoms with Gasteiger partial charge in [-0.3, -0.25) is 4.79 Å². The molecule has 2 atom stereocenters. The number of carbonyl (C=O) groups excluding carboxylic acids is 1. The largest absolute Gasteiger partial charge is 0.481 e. The van der Waals surface area contributed by atoms with Crippen molar-refractivity contribution >= 4 is 39.2 Å². The number of nitrogens with zero attached hydrogens (tertiary/aromatic N) is 4. The highest BCUT2D eigenvalue weighted by atomic mass is 32.2. The second-order valence-electron chi connectivity index (χ2n) is 7.11. The number of benzene rings is 2. The molecule has 166 valence electrons.